The van der Waals surface area contributed by atoms with Gasteiger partial charge in [-0.2, -0.15) is 5.01 Å². The van der Waals surface area contributed by atoms with Crippen molar-refractivity contribution in [1.29, 1.82) is 0 Å². The number of para-hydroxylation sites is 1. The Morgan fingerprint density at radius 2 is 1.59 bits per heavy atom. The van der Waals surface area contributed by atoms with E-state index in [4.69, 9.17) is 9.47 Å². The lowest BCUT2D eigenvalue weighted by molar-refractivity contribution is -0.132. The number of benzene rings is 3. The van der Waals surface area contributed by atoms with E-state index in [1.54, 1.807) is 61.5 Å². The van der Waals surface area contributed by atoms with Gasteiger partial charge in [-0.05, 0) is 55.0 Å². The first-order valence-electron chi connectivity index (χ1n) is 9.86. The van der Waals surface area contributed by atoms with Gasteiger partial charge in [-0.1, -0.05) is 36.4 Å². The topological polar surface area (TPSA) is 97.0 Å². The van der Waals surface area contributed by atoms with Gasteiger partial charge in [-0.3, -0.25) is 15.0 Å². The Kier molecular flexibility index (Phi) is 5.51. The third-order valence-corrected chi connectivity index (χ3v) is 5.15. The number of urea groups is 1. The fourth-order valence-corrected chi connectivity index (χ4v) is 3.35. The van der Waals surface area contributed by atoms with Gasteiger partial charge in [0.1, 0.15) is 22.8 Å². The summed E-state index contributed by atoms with van der Waals surface area (Å²) in [5.41, 5.74) is 1.86. The smallest absolute Gasteiger partial charge is 0.344 e. The van der Waals surface area contributed by atoms with Crippen molar-refractivity contribution in [2.45, 2.75) is 12.5 Å². The van der Waals surface area contributed by atoms with Crippen LogP contribution in [0.2, 0.25) is 0 Å². The van der Waals surface area contributed by atoms with Gasteiger partial charge < -0.3 is 14.8 Å². The molecule has 1 aliphatic heterocycles. The van der Waals surface area contributed by atoms with Crippen LogP contribution in [0.25, 0.3) is 0 Å². The number of hydrazine groups is 1. The maximum Gasteiger partial charge on any atom is 0.344 e. The molecule has 8 heteroatoms. The Balaban J connectivity index is 1.50. The molecule has 0 spiro atoms. The standard InChI is InChI=1S/C24H21N3O5/c1-24(17-11-13-18(31-2)14-12-17)22(29)27(23(30)25-24)26-21(28)16-7-6-10-20(15-16)32-19-8-4-3-5-9-19/h3-15H,1-2H3,(H,25,30)(H,26,28)/t24-/m1/s1. The number of carbonyl (C=O) groups excluding carboxylic acids is 3. The first kappa shape index (κ1) is 20.9. The summed E-state index contributed by atoms with van der Waals surface area (Å²) < 4.78 is 10.9. The quantitative estimate of drug-likeness (QED) is 0.582. The number of amides is 4. The highest BCUT2D eigenvalue weighted by atomic mass is 16.5. The van der Waals surface area contributed by atoms with Gasteiger partial charge in [0, 0.05) is 5.56 Å². The van der Waals surface area contributed by atoms with Crippen LogP contribution < -0.4 is 20.2 Å². The van der Waals surface area contributed by atoms with E-state index >= 15 is 0 Å². The highest BCUT2D eigenvalue weighted by Crippen LogP contribution is 2.29. The van der Waals surface area contributed by atoms with Crippen molar-refractivity contribution in [3.63, 3.8) is 0 Å². The Labute approximate surface area is 184 Å². The van der Waals surface area contributed by atoms with Gasteiger partial charge in [-0.25, -0.2) is 4.79 Å². The summed E-state index contributed by atoms with van der Waals surface area (Å²) in [6.07, 6.45) is 0. The summed E-state index contributed by atoms with van der Waals surface area (Å²) >= 11 is 0. The van der Waals surface area contributed by atoms with E-state index in [2.05, 4.69) is 10.7 Å². The number of imide groups is 1. The SMILES string of the molecule is COc1ccc([C@@]2(C)NC(=O)N(NC(=O)c3cccc(Oc4ccccc4)c3)C2=O)cc1. The van der Waals surface area contributed by atoms with Crippen LogP contribution in [0.5, 0.6) is 17.2 Å². The van der Waals surface area contributed by atoms with Crippen molar-refractivity contribution in [2.24, 2.45) is 0 Å². The van der Waals surface area contributed by atoms with Crippen LogP contribution in [0.1, 0.15) is 22.8 Å². The molecule has 4 rings (SSSR count). The minimum absolute atomic E-state index is 0.233. The van der Waals surface area contributed by atoms with E-state index in [0.29, 0.717) is 27.8 Å². The molecule has 0 bridgehead atoms. The summed E-state index contributed by atoms with van der Waals surface area (Å²) in [6.45, 7) is 1.58. The van der Waals surface area contributed by atoms with E-state index in [0.717, 1.165) is 0 Å². The van der Waals surface area contributed by atoms with Crippen LogP contribution in [-0.2, 0) is 10.3 Å². The Bertz CT molecular complexity index is 1160. The van der Waals surface area contributed by atoms with E-state index in [1.165, 1.54) is 13.2 Å². The number of methoxy groups -OCH3 is 1. The van der Waals surface area contributed by atoms with Gasteiger partial charge in [0.2, 0.25) is 0 Å². The molecule has 0 aliphatic carbocycles. The van der Waals surface area contributed by atoms with Crippen LogP contribution in [0, 0.1) is 0 Å². The number of hydrogen-bond acceptors (Lipinski definition) is 5. The van der Waals surface area contributed by atoms with Gasteiger partial charge in [0.15, 0.2) is 0 Å². The molecule has 1 saturated heterocycles. The zero-order valence-corrected chi connectivity index (χ0v) is 17.5. The fourth-order valence-electron chi connectivity index (χ4n) is 3.35. The molecule has 3 aromatic rings. The molecule has 32 heavy (non-hydrogen) atoms. The average molecular weight is 431 g/mol. The molecule has 1 heterocycles. The maximum atomic E-state index is 13.0. The van der Waals surface area contributed by atoms with Crippen molar-refractivity contribution >= 4 is 17.8 Å². The lowest BCUT2D eigenvalue weighted by Gasteiger charge is -2.22. The van der Waals surface area contributed by atoms with E-state index in [-0.39, 0.29) is 5.56 Å². The highest BCUT2D eigenvalue weighted by Gasteiger charge is 2.50. The Morgan fingerprint density at radius 1 is 0.906 bits per heavy atom. The molecular weight excluding hydrogens is 410 g/mol. The molecule has 162 valence electrons. The molecule has 4 amide bonds. The summed E-state index contributed by atoms with van der Waals surface area (Å²) in [7, 11) is 1.54. The van der Waals surface area contributed by atoms with Crippen molar-refractivity contribution < 1.29 is 23.9 Å². The molecule has 8 nitrogen and oxygen atoms in total. The monoisotopic (exact) mass is 431 g/mol. The van der Waals surface area contributed by atoms with Crippen LogP contribution in [0.4, 0.5) is 4.79 Å². The zero-order chi connectivity index (χ0) is 22.7. The number of nitrogens with zero attached hydrogens (tertiary/aromatic N) is 1. The fraction of sp³-hybridized carbons (Fsp3) is 0.125. The molecule has 3 aromatic carbocycles. The average Bonchev–Trinajstić information content (AvgIpc) is 3.03. The second kappa shape index (κ2) is 8.43. The van der Waals surface area contributed by atoms with Gasteiger partial charge in [0.25, 0.3) is 11.8 Å². The van der Waals surface area contributed by atoms with Crippen molar-refractivity contribution in [3.05, 3.63) is 90.0 Å². The number of nitrogens with one attached hydrogen (secondary N) is 2. The van der Waals surface area contributed by atoms with Crippen LogP contribution in [0.15, 0.2) is 78.9 Å². The highest BCUT2D eigenvalue weighted by molar-refractivity contribution is 6.09. The van der Waals surface area contributed by atoms with Crippen molar-refractivity contribution in [2.75, 3.05) is 7.11 Å². The molecular formula is C24H21N3O5. The lowest BCUT2D eigenvalue weighted by atomic mass is 9.92. The van der Waals surface area contributed by atoms with E-state index < -0.39 is 23.4 Å². The van der Waals surface area contributed by atoms with Crippen LogP contribution >= 0.6 is 0 Å². The largest absolute Gasteiger partial charge is 0.497 e. The first-order valence-corrected chi connectivity index (χ1v) is 9.86. The predicted octanol–water partition coefficient (Wildman–Crippen LogP) is 3.60. The lowest BCUT2D eigenvalue weighted by Crippen LogP contribution is -2.47. The number of hydrogen-bond donors (Lipinski definition) is 2. The van der Waals surface area contributed by atoms with Crippen LogP contribution in [-0.4, -0.2) is 30.0 Å². The van der Waals surface area contributed by atoms with Crippen molar-refractivity contribution in [3.8, 4) is 17.2 Å². The number of carbonyl (C=O) groups is 3. The predicted molar refractivity (Wildman–Crippen MR) is 116 cm³/mol. The maximum absolute atomic E-state index is 13.0. The molecule has 2 N–H and O–H groups in total. The van der Waals surface area contributed by atoms with E-state index in [1.807, 2.05) is 18.2 Å². The van der Waals surface area contributed by atoms with Gasteiger partial charge in [0.05, 0.1) is 7.11 Å². The van der Waals surface area contributed by atoms with E-state index in [9.17, 15) is 14.4 Å². The third-order valence-electron chi connectivity index (χ3n) is 5.15. The second-order valence-corrected chi connectivity index (χ2v) is 7.31. The summed E-state index contributed by atoms with van der Waals surface area (Å²) in [6, 6.07) is 21.6. The summed E-state index contributed by atoms with van der Waals surface area (Å²) in [4.78, 5) is 38.3. The molecule has 0 unspecified atom stereocenters. The molecule has 1 aliphatic rings. The molecule has 0 saturated carbocycles. The van der Waals surface area contributed by atoms with Crippen molar-refractivity contribution in [1.82, 2.24) is 15.8 Å². The van der Waals surface area contributed by atoms with Gasteiger partial charge >= 0.3 is 6.03 Å². The third kappa shape index (κ3) is 3.98. The molecule has 1 fully saturated rings. The molecule has 0 radical (unpaired) electrons. The molecule has 0 aromatic heterocycles. The van der Waals surface area contributed by atoms with Gasteiger partial charge in [-0.15, -0.1) is 0 Å². The summed E-state index contributed by atoms with van der Waals surface area (Å²) in [5, 5.41) is 3.33. The second-order valence-electron chi connectivity index (χ2n) is 7.31. The minimum atomic E-state index is -1.32. The Morgan fingerprint density at radius 3 is 2.28 bits per heavy atom. The summed E-state index contributed by atoms with van der Waals surface area (Å²) in [5.74, 6) is 0.471. The normalized spacial score (nSPS) is 17.6. The number of rotatable bonds is 6. The Hall–Kier alpha value is -4.33. The minimum Gasteiger partial charge on any atom is -0.497 e. The first-order chi connectivity index (χ1) is 15.4. The zero-order valence-electron chi connectivity index (χ0n) is 17.5. The van der Waals surface area contributed by atoms with Crippen LogP contribution in [0.3, 0.4) is 0 Å². The molecule has 1 atom stereocenters. The number of ether oxygens (including phenoxy) is 2.